The number of carbonyl (C=O) groups excluding carboxylic acids is 1. The first kappa shape index (κ1) is 17.7. The van der Waals surface area contributed by atoms with E-state index in [0.717, 1.165) is 12.1 Å². The van der Waals surface area contributed by atoms with E-state index < -0.39 is 28.9 Å². The Hall–Kier alpha value is -3.15. The van der Waals surface area contributed by atoms with E-state index in [1.165, 1.54) is 4.90 Å². The molecule has 1 saturated heterocycles. The van der Waals surface area contributed by atoms with E-state index in [1.807, 2.05) is 6.07 Å². The molecule has 0 N–H and O–H groups in total. The molecule has 1 amide bonds. The van der Waals surface area contributed by atoms with E-state index in [4.69, 9.17) is 5.26 Å². The molecule has 0 atom stereocenters. The van der Waals surface area contributed by atoms with Crippen molar-refractivity contribution in [2.45, 2.75) is 6.92 Å². The first-order valence-corrected chi connectivity index (χ1v) is 7.84. The monoisotopic (exact) mass is 361 g/mol. The maximum absolute atomic E-state index is 13.8. The Morgan fingerprint density at radius 3 is 2.46 bits per heavy atom. The summed E-state index contributed by atoms with van der Waals surface area (Å²) in [7, 11) is 0. The lowest BCUT2D eigenvalue weighted by atomic mass is 10.1. The van der Waals surface area contributed by atoms with Crippen LogP contribution in [0.2, 0.25) is 0 Å². The molecule has 9 heteroatoms. The van der Waals surface area contributed by atoms with Crippen LogP contribution in [0.15, 0.2) is 18.2 Å². The summed E-state index contributed by atoms with van der Waals surface area (Å²) in [5.41, 5.74) is 0.389. The molecule has 6 nitrogen and oxygen atoms in total. The smallest absolute Gasteiger partial charge is 0.257 e. The van der Waals surface area contributed by atoms with Crippen LogP contribution in [0.1, 0.15) is 21.7 Å². The first-order valence-electron chi connectivity index (χ1n) is 7.84. The van der Waals surface area contributed by atoms with Crippen molar-refractivity contribution in [1.82, 2.24) is 14.9 Å². The Morgan fingerprint density at radius 2 is 1.81 bits per heavy atom. The molecule has 26 heavy (non-hydrogen) atoms. The van der Waals surface area contributed by atoms with E-state index in [1.54, 1.807) is 17.9 Å². The van der Waals surface area contributed by atoms with Crippen LogP contribution < -0.4 is 4.90 Å². The normalized spacial score (nSPS) is 14.3. The van der Waals surface area contributed by atoms with Crippen LogP contribution in [0.4, 0.5) is 19.1 Å². The van der Waals surface area contributed by atoms with Crippen molar-refractivity contribution in [3.63, 3.8) is 0 Å². The summed E-state index contributed by atoms with van der Waals surface area (Å²) in [4.78, 5) is 24.0. The van der Waals surface area contributed by atoms with Gasteiger partial charge in [0.15, 0.2) is 17.5 Å². The van der Waals surface area contributed by atoms with Gasteiger partial charge in [-0.25, -0.2) is 23.1 Å². The molecule has 1 aliphatic rings. The lowest BCUT2D eigenvalue weighted by Gasteiger charge is -2.34. The molecule has 1 fully saturated rings. The fourth-order valence-corrected chi connectivity index (χ4v) is 2.72. The number of aryl methyl sites for hydroxylation is 1. The Bertz CT molecular complexity index is 904. The summed E-state index contributed by atoms with van der Waals surface area (Å²) < 4.78 is 40.2. The quantitative estimate of drug-likeness (QED) is 0.766. The fourth-order valence-electron chi connectivity index (χ4n) is 2.72. The summed E-state index contributed by atoms with van der Waals surface area (Å²) in [6.45, 7) is 2.95. The first-order chi connectivity index (χ1) is 12.4. The molecular weight excluding hydrogens is 347 g/mol. The highest BCUT2D eigenvalue weighted by atomic mass is 19.2. The molecule has 3 rings (SSSR count). The van der Waals surface area contributed by atoms with E-state index in [2.05, 4.69) is 9.97 Å². The van der Waals surface area contributed by atoms with Gasteiger partial charge in [0.25, 0.3) is 5.91 Å². The highest BCUT2D eigenvalue weighted by Gasteiger charge is 2.27. The van der Waals surface area contributed by atoms with Gasteiger partial charge in [0.1, 0.15) is 11.8 Å². The van der Waals surface area contributed by atoms with Crippen molar-refractivity contribution >= 4 is 11.9 Å². The van der Waals surface area contributed by atoms with E-state index in [-0.39, 0.29) is 18.8 Å². The number of piperazine rings is 1. The average Bonchev–Trinajstić information content (AvgIpc) is 2.65. The molecule has 0 spiro atoms. The van der Waals surface area contributed by atoms with Crippen LogP contribution in [-0.4, -0.2) is 47.0 Å². The number of hydrogen-bond acceptors (Lipinski definition) is 5. The van der Waals surface area contributed by atoms with E-state index >= 15 is 0 Å². The molecular formula is C17H14F3N5O. The molecule has 0 unspecified atom stereocenters. The lowest BCUT2D eigenvalue weighted by Crippen LogP contribution is -2.49. The summed E-state index contributed by atoms with van der Waals surface area (Å²) in [5.74, 6) is -4.81. The molecule has 1 aromatic carbocycles. The van der Waals surface area contributed by atoms with E-state index in [9.17, 15) is 18.0 Å². The fraction of sp³-hybridized carbons (Fsp3) is 0.294. The predicted molar refractivity (Wildman–Crippen MR) is 85.9 cm³/mol. The minimum Gasteiger partial charge on any atom is -0.337 e. The van der Waals surface area contributed by atoms with Crippen molar-refractivity contribution in [3.05, 3.63) is 52.6 Å². The van der Waals surface area contributed by atoms with Gasteiger partial charge in [0.2, 0.25) is 5.95 Å². The standard InChI is InChI=1S/C17H14F3N5O/c1-10-8-11(9-21)23-17(22-10)25-6-4-24(5-7-25)16(26)12-2-3-13(18)15(20)14(12)19/h2-3,8H,4-7H2,1H3. The van der Waals surface area contributed by atoms with Gasteiger partial charge in [0.05, 0.1) is 5.56 Å². The third kappa shape index (κ3) is 3.31. The third-order valence-electron chi connectivity index (χ3n) is 4.07. The second-order valence-corrected chi connectivity index (χ2v) is 5.81. The Balaban J connectivity index is 1.73. The van der Waals surface area contributed by atoms with Crippen LogP contribution in [0.5, 0.6) is 0 Å². The van der Waals surface area contributed by atoms with Gasteiger partial charge in [0, 0.05) is 31.9 Å². The number of rotatable bonds is 2. The van der Waals surface area contributed by atoms with Crippen molar-refractivity contribution < 1.29 is 18.0 Å². The van der Waals surface area contributed by atoms with Gasteiger partial charge < -0.3 is 9.80 Å². The van der Waals surface area contributed by atoms with Gasteiger partial charge in [-0.15, -0.1) is 0 Å². The summed E-state index contributed by atoms with van der Waals surface area (Å²) >= 11 is 0. The van der Waals surface area contributed by atoms with Crippen LogP contribution in [-0.2, 0) is 0 Å². The highest BCUT2D eigenvalue weighted by Crippen LogP contribution is 2.19. The molecule has 1 aliphatic heterocycles. The Morgan fingerprint density at radius 1 is 1.12 bits per heavy atom. The molecule has 0 aliphatic carbocycles. The maximum Gasteiger partial charge on any atom is 0.257 e. The number of hydrogen-bond donors (Lipinski definition) is 0. The van der Waals surface area contributed by atoms with E-state index in [0.29, 0.717) is 24.7 Å². The predicted octanol–water partition coefficient (Wildman–Crippen LogP) is 2.04. The third-order valence-corrected chi connectivity index (χ3v) is 4.07. The Labute approximate surface area is 147 Å². The van der Waals surface area contributed by atoms with Gasteiger partial charge in [-0.3, -0.25) is 4.79 Å². The largest absolute Gasteiger partial charge is 0.337 e. The molecule has 0 bridgehead atoms. The number of amides is 1. The SMILES string of the molecule is Cc1cc(C#N)nc(N2CCN(C(=O)c3ccc(F)c(F)c3F)CC2)n1. The highest BCUT2D eigenvalue weighted by molar-refractivity contribution is 5.94. The summed E-state index contributed by atoms with van der Waals surface area (Å²) in [6, 6.07) is 5.19. The van der Waals surface area contributed by atoms with Gasteiger partial charge in [-0.2, -0.15) is 5.26 Å². The molecule has 2 heterocycles. The zero-order valence-electron chi connectivity index (χ0n) is 13.8. The number of benzene rings is 1. The maximum atomic E-state index is 13.8. The number of halogens is 3. The number of carbonyl (C=O) groups is 1. The lowest BCUT2D eigenvalue weighted by molar-refractivity contribution is 0.0740. The van der Waals surface area contributed by atoms with Gasteiger partial charge in [-0.1, -0.05) is 0 Å². The molecule has 0 saturated carbocycles. The van der Waals surface area contributed by atoms with Crippen molar-refractivity contribution in [2.75, 3.05) is 31.1 Å². The number of nitriles is 1. The molecule has 134 valence electrons. The van der Waals surface area contributed by atoms with Crippen molar-refractivity contribution in [1.29, 1.82) is 5.26 Å². The minimum atomic E-state index is -1.66. The van der Waals surface area contributed by atoms with Gasteiger partial charge in [-0.05, 0) is 25.1 Å². The number of anilines is 1. The van der Waals surface area contributed by atoms with Crippen LogP contribution in [0, 0.1) is 35.7 Å². The van der Waals surface area contributed by atoms with Crippen LogP contribution >= 0.6 is 0 Å². The minimum absolute atomic E-state index is 0.233. The number of nitrogens with zero attached hydrogens (tertiary/aromatic N) is 5. The van der Waals surface area contributed by atoms with Gasteiger partial charge >= 0.3 is 0 Å². The number of aromatic nitrogens is 2. The zero-order valence-corrected chi connectivity index (χ0v) is 13.8. The molecule has 2 aromatic rings. The Kier molecular flexibility index (Phi) is 4.75. The van der Waals surface area contributed by atoms with Crippen LogP contribution in [0.25, 0.3) is 0 Å². The van der Waals surface area contributed by atoms with Crippen LogP contribution in [0.3, 0.4) is 0 Å². The topological polar surface area (TPSA) is 73.1 Å². The molecule has 1 aromatic heterocycles. The second kappa shape index (κ2) is 7.00. The zero-order chi connectivity index (χ0) is 18.8. The average molecular weight is 361 g/mol. The van der Waals surface area contributed by atoms with Crippen molar-refractivity contribution in [3.8, 4) is 6.07 Å². The summed E-state index contributed by atoms with van der Waals surface area (Å²) in [5, 5.41) is 8.99. The van der Waals surface area contributed by atoms with Crippen molar-refractivity contribution in [2.24, 2.45) is 0 Å². The second-order valence-electron chi connectivity index (χ2n) is 5.81. The summed E-state index contributed by atoms with van der Waals surface area (Å²) in [6.07, 6.45) is 0. The molecule has 0 radical (unpaired) electrons.